The van der Waals surface area contributed by atoms with Crippen molar-refractivity contribution in [2.45, 2.75) is 26.3 Å². The third-order valence-electron chi connectivity index (χ3n) is 3.01. The van der Waals surface area contributed by atoms with Gasteiger partial charge in [0.15, 0.2) is 11.5 Å². The van der Waals surface area contributed by atoms with Crippen LogP contribution in [0.2, 0.25) is 0 Å². The molecule has 2 N–H and O–H groups in total. The summed E-state index contributed by atoms with van der Waals surface area (Å²) in [5.74, 6) is 1.63. The molecule has 2 aromatic heterocycles. The first kappa shape index (κ1) is 14.7. The van der Waals surface area contributed by atoms with E-state index in [9.17, 15) is 9.90 Å². The Morgan fingerprint density at radius 3 is 3.05 bits per heavy atom. The van der Waals surface area contributed by atoms with E-state index in [0.717, 1.165) is 17.9 Å². The predicted molar refractivity (Wildman–Crippen MR) is 82.9 cm³/mol. The van der Waals surface area contributed by atoms with Crippen molar-refractivity contribution in [3.8, 4) is 0 Å². The lowest BCUT2D eigenvalue weighted by atomic mass is 10.2. The topological polar surface area (TPSA) is 66.6 Å². The summed E-state index contributed by atoms with van der Waals surface area (Å²) >= 11 is 1.88. The van der Waals surface area contributed by atoms with E-state index in [4.69, 9.17) is 0 Å². The molecule has 2 heterocycles. The number of fused-ring (bicyclic) bond motifs is 1. The van der Waals surface area contributed by atoms with Gasteiger partial charge in [-0.25, -0.2) is 9.78 Å². The Kier molecular flexibility index (Phi) is 4.89. The SMILES string of the molecule is CCSCCC(C)Nc1nc2ccccn2c1C(=O)O. The normalized spacial score (nSPS) is 12.5. The van der Waals surface area contributed by atoms with Crippen LogP contribution in [0.1, 0.15) is 30.8 Å². The fourth-order valence-corrected chi connectivity index (χ4v) is 2.82. The Morgan fingerprint density at radius 1 is 1.55 bits per heavy atom. The molecule has 0 bridgehead atoms. The Balaban J connectivity index is 2.20. The highest BCUT2D eigenvalue weighted by Gasteiger charge is 2.19. The molecule has 0 amide bonds. The van der Waals surface area contributed by atoms with Crippen molar-refractivity contribution in [1.29, 1.82) is 0 Å². The summed E-state index contributed by atoms with van der Waals surface area (Å²) in [4.78, 5) is 15.8. The van der Waals surface area contributed by atoms with Crippen LogP contribution >= 0.6 is 11.8 Å². The van der Waals surface area contributed by atoms with Gasteiger partial charge in [0, 0.05) is 12.2 Å². The number of nitrogens with zero attached hydrogens (tertiary/aromatic N) is 2. The molecule has 2 aromatic rings. The van der Waals surface area contributed by atoms with Crippen LogP contribution < -0.4 is 5.32 Å². The lowest BCUT2D eigenvalue weighted by Gasteiger charge is -2.13. The number of carboxylic acids is 1. The van der Waals surface area contributed by atoms with Crippen molar-refractivity contribution >= 4 is 29.2 Å². The minimum absolute atomic E-state index is 0.190. The fraction of sp³-hybridized carbons (Fsp3) is 0.429. The molecule has 0 radical (unpaired) electrons. The number of rotatable bonds is 7. The first-order chi connectivity index (χ1) is 9.63. The number of aromatic nitrogens is 2. The summed E-state index contributed by atoms with van der Waals surface area (Å²) in [5.41, 5.74) is 0.832. The van der Waals surface area contributed by atoms with Crippen molar-refractivity contribution in [2.75, 3.05) is 16.8 Å². The summed E-state index contributed by atoms with van der Waals surface area (Å²) in [5, 5.41) is 12.6. The summed E-state index contributed by atoms with van der Waals surface area (Å²) in [6.45, 7) is 4.18. The molecule has 5 nitrogen and oxygen atoms in total. The molecule has 1 unspecified atom stereocenters. The second-order valence-electron chi connectivity index (χ2n) is 4.57. The third kappa shape index (κ3) is 3.25. The molecular weight excluding hydrogens is 274 g/mol. The Hall–Kier alpha value is -1.69. The molecular formula is C14H19N3O2S. The first-order valence-corrected chi connectivity index (χ1v) is 7.83. The van der Waals surface area contributed by atoms with Gasteiger partial charge in [0.1, 0.15) is 5.65 Å². The maximum absolute atomic E-state index is 11.4. The highest BCUT2D eigenvalue weighted by molar-refractivity contribution is 7.99. The molecule has 0 aliphatic rings. The van der Waals surface area contributed by atoms with Gasteiger partial charge < -0.3 is 10.4 Å². The van der Waals surface area contributed by atoms with E-state index in [1.54, 1.807) is 22.7 Å². The lowest BCUT2D eigenvalue weighted by Crippen LogP contribution is -2.18. The molecule has 0 aliphatic heterocycles. The van der Waals surface area contributed by atoms with Crippen LogP contribution in [0.4, 0.5) is 5.82 Å². The minimum atomic E-state index is -0.971. The van der Waals surface area contributed by atoms with Crippen molar-refractivity contribution in [2.24, 2.45) is 0 Å². The van der Waals surface area contributed by atoms with E-state index in [-0.39, 0.29) is 11.7 Å². The van der Waals surface area contributed by atoms with Crippen LogP contribution in [-0.2, 0) is 0 Å². The smallest absolute Gasteiger partial charge is 0.356 e. The quantitative estimate of drug-likeness (QED) is 0.768. The number of carbonyl (C=O) groups is 1. The molecule has 0 aromatic carbocycles. The first-order valence-electron chi connectivity index (χ1n) is 6.68. The third-order valence-corrected chi connectivity index (χ3v) is 3.95. The average molecular weight is 293 g/mol. The van der Waals surface area contributed by atoms with E-state index < -0.39 is 5.97 Å². The predicted octanol–water partition coefficient (Wildman–Crippen LogP) is 2.98. The number of hydrogen-bond acceptors (Lipinski definition) is 4. The summed E-state index contributed by atoms with van der Waals surface area (Å²) in [6.07, 6.45) is 2.69. The number of aromatic carboxylic acids is 1. The number of nitrogens with one attached hydrogen (secondary N) is 1. The van der Waals surface area contributed by atoms with Gasteiger partial charge >= 0.3 is 5.97 Å². The number of carboxylic acid groups (broad SMARTS) is 1. The molecule has 108 valence electrons. The van der Waals surface area contributed by atoms with Gasteiger partial charge in [-0.2, -0.15) is 11.8 Å². The van der Waals surface area contributed by atoms with Crippen LogP contribution in [0.5, 0.6) is 0 Å². The van der Waals surface area contributed by atoms with E-state index >= 15 is 0 Å². The van der Waals surface area contributed by atoms with Crippen LogP contribution in [0.15, 0.2) is 24.4 Å². The number of thioether (sulfide) groups is 1. The van der Waals surface area contributed by atoms with E-state index in [1.807, 2.05) is 24.8 Å². The van der Waals surface area contributed by atoms with Gasteiger partial charge in [-0.05, 0) is 37.0 Å². The standard InChI is InChI=1S/C14H19N3O2S/c1-3-20-9-7-10(2)15-13-12(14(18)19)17-8-5-4-6-11(17)16-13/h4-6,8,10,15H,3,7,9H2,1-2H3,(H,18,19). The fourth-order valence-electron chi connectivity index (χ4n) is 2.01. The van der Waals surface area contributed by atoms with Crippen molar-refractivity contribution < 1.29 is 9.90 Å². The summed E-state index contributed by atoms with van der Waals surface area (Å²) < 4.78 is 1.60. The van der Waals surface area contributed by atoms with Crippen LogP contribution in [0, 0.1) is 0 Å². The van der Waals surface area contributed by atoms with E-state index in [1.165, 1.54) is 0 Å². The van der Waals surface area contributed by atoms with Crippen molar-refractivity contribution in [1.82, 2.24) is 9.38 Å². The van der Waals surface area contributed by atoms with Gasteiger partial charge in [0.05, 0.1) is 0 Å². The monoisotopic (exact) mass is 293 g/mol. The molecule has 1 atom stereocenters. The zero-order valence-corrected chi connectivity index (χ0v) is 12.5. The Labute approximate surface area is 122 Å². The zero-order chi connectivity index (χ0) is 14.5. The largest absolute Gasteiger partial charge is 0.476 e. The van der Waals surface area contributed by atoms with Crippen LogP contribution in [0.25, 0.3) is 5.65 Å². The highest BCUT2D eigenvalue weighted by atomic mass is 32.2. The molecule has 2 rings (SSSR count). The summed E-state index contributed by atoms with van der Waals surface area (Å²) in [7, 11) is 0. The molecule has 0 saturated heterocycles. The van der Waals surface area contributed by atoms with Gasteiger partial charge in [-0.1, -0.05) is 13.0 Å². The van der Waals surface area contributed by atoms with Crippen LogP contribution in [0.3, 0.4) is 0 Å². The van der Waals surface area contributed by atoms with Gasteiger partial charge in [-0.3, -0.25) is 4.40 Å². The Bertz CT molecular complexity index is 597. The van der Waals surface area contributed by atoms with Crippen LogP contribution in [-0.4, -0.2) is 38.0 Å². The lowest BCUT2D eigenvalue weighted by molar-refractivity contribution is 0.0690. The molecule has 0 aliphatic carbocycles. The maximum atomic E-state index is 11.4. The van der Waals surface area contributed by atoms with Gasteiger partial charge in [0.2, 0.25) is 0 Å². The molecule has 6 heteroatoms. The average Bonchev–Trinajstić information content (AvgIpc) is 2.76. The number of hydrogen-bond donors (Lipinski definition) is 2. The Morgan fingerprint density at radius 2 is 2.35 bits per heavy atom. The molecule has 20 heavy (non-hydrogen) atoms. The van der Waals surface area contributed by atoms with Gasteiger partial charge in [-0.15, -0.1) is 0 Å². The molecule has 0 fully saturated rings. The number of anilines is 1. The number of pyridine rings is 1. The van der Waals surface area contributed by atoms with E-state index in [2.05, 4.69) is 17.2 Å². The van der Waals surface area contributed by atoms with Crippen molar-refractivity contribution in [3.63, 3.8) is 0 Å². The van der Waals surface area contributed by atoms with E-state index in [0.29, 0.717) is 11.5 Å². The summed E-state index contributed by atoms with van der Waals surface area (Å²) in [6, 6.07) is 5.64. The minimum Gasteiger partial charge on any atom is -0.476 e. The number of imidazole rings is 1. The van der Waals surface area contributed by atoms with Gasteiger partial charge in [0.25, 0.3) is 0 Å². The second-order valence-corrected chi connectivity index (χ2v) is 5.97. The molecule has 0 saturated carbocycles. The highest BCUT2D eigenvalue weighted by Crippen LogP contribution is 2.19. The zero-order valence-electron chi connectivity index (χ0n) is 11.7. The molecule has 0 spiro atoms. The second kappa shape index (κ2) is 6.65. The van der Waals surface area contributed by atoms with Crippen molar-refractivity contribution in [3.05, 3.63) is 30.1 Å². The maximum Gasteiger partial charge on any atom is 0.356 e.